The highest BCUT2D eigenvalue weighted by molar-refractivity contribution is 7.92. The zero-order valence-electron chi connectivity index (χ0n) is 23.4. The summed E-state index contributed by atoms with van der Waals surface area (Å²) in [6.07, 6.45) is 5.51. The zero-order chi connectivity index (χ0) is 29.2. The van der Waals surface area contributed by atoms with Crippen LogP contribution < -0.4 is 9.62 Å². The molecule has 0 radical (unpaired) electrons. The molecular weight excluding hydrogens is 541 g/mol. The molecule has 7 nitrogen and oxygen atoms in total. The standard InChI is InChI=1S/C32H38FN3O4S/c1-41(39,40)36(29-20-11-10-19-28(29)33)22-12-21-31(37)35(24-26-15-6-3-7-16-26)30(23-25-13-4-2-5-14-25)32(38)34-27-17-8-9-18-27/h2-7,10-11,13-16,19-20,27,30H,8-9,12,17-18,21-24H2,1H3,(H,34,38)/t30-/m0/s1. The van der Waals surface area contributed by atoms with Gasteiger partial charge in [-0.2, -0.15) is 0 Å². The molecule has 0 aromatic heterocycles. The zero-order valence-corrected chi connectivity index (χ0v) is 24.2. The van der Waals surface area contributed by atoms with Gasteiger partial charge in [0.25, 0.3) is 0 Å². The van der Waals surface area contributed by atoms with Gasteiger partial charge in [-0.15, -0.1) is 0 Å². The van der Waals surface area contributed by atoms with Crippen molar-refractivity contribution in [3.8, 4) is 0 Å². The molecule has 0 bridgehead atoms. The van der Waals surface area contributed by atoms with Crippen LogP contribution in [-0.2, 0) is 32.6 Å². The maximum Gasteiger partial charge on any atom is 0.243 e. The van der Waals surface area contributed by atoms with Crippen molar-refractivity contribution in [1.82, 2.24) is 10.2 Å². The van der Waals surface area contributed by atoms with Gasteiger partial charge in [0.05, 0.1) is 11.9 Å². The second-order valence-electron chi connectivity index (χ2n) is 10.6. The van der Waals surface area contributed by atoms with Gasteiger partial charge in [-0.3, -0.25) is 13.9 Å². The minimum atomic E-state index is -3.79. The molecule has 0 unspecified atom stereocenters. The molecule has 218 valence electrons. The monoisotopic (exact) mass is 579 g/mol. The van der Waals surface area contributed by atoms with Gasteiger partial charge in [-0.1, -0.05) is 85.6 Å². The number of amides is 2. The van der Waals surface area contributed by atoms with Gasteiger partial charge < -0.3 is 10.2 Å². The van der Waals surface area contributed by atoms with Gasteiger partial charge in [-0.05, 0) is 42.5 Å². The molecule has 1 N–H and O–H groups in total. The number of halogens is 1. The largest absolute Gasteiger partial charge is 0.352 e. The van der Waals surface area contributed by atoms with Crippen molar-refractivity contribution in [2.24, 2.45) is 0 Å². The molecule has 3 aromatic carbocycles. The van der Waals surface area contributed by atoms with Crippen LogP contribution in [0.1, 0.15) is 49.7 Å². The summed E-state index contributed by atoms with van der Waals surface area (Å²) < 4.78 is 40.5. The van der Waals surface area contributed by atoms with Gasteiger partial charge in [-0.25, -0.2) is 12.8 Å². The SMILES string of the molecule is CS(=O)(=O)N(CCCC(=O)N(Cc1ccccc1)[C@@H](Cc1ccccc1)C(=O)NC1CCCC1)c1ccccc1F. The summed E-state index contributed by atoms with van der Waals surface area (Å²) in [4.78, 5) is 29.2. The van der Waals surface area contributed by atoms with E-state index in [-0.39, 0.29) is 49.5 Å². The van der Waals surface area contributed by atoms with Crippen molar-refractivity contribution in [2.45, 2.75) is 63.6 Å². The molecule has 2 amide bonds. The molecule has 1 aliphatic carbocycles. The number of sulfonamides is 1. The maximum absolute atomic E-state index is 14.5. The van der Waals surface area contributed by atoms with Gasteiger partial charge >= 0.3 is 0 Å². The number of para-hydroxylation sites is 1. The van der Waals surface area contributed by atoms with Crippen LogP contribution in [0, 0.1) is 5.82 Å². The molecule has 0 spiro atoms. The van der Waals surface area contributed by atoms with Crippen LogP contribution >= 0.6 is 0 Å². The van der Waals surface area contributed by atoms with Gasteiger partial charge in [0.15, 0.2) is 0 Å². The number of nitrogens with zero attached hydrogens (tertiary/aromatic N) is 2. The first-order valence-electron chi connectivity index (χ1n) is 14.1. The molecule has 1 aliphatic rings. The number of benzene rings is 3. The molecule has 1 atom stereocenters. The summed E-state index contributed by atoms with van der Waals surface area (Å²) in [5.74, 6) is -1.10. The normalized spacial score (nSPS) is 14.4. The fourth-order valence-electron chi connectivity index (χ4n) is 5.34. The van der Waals surface area contributed by atoms with Crippen molar-refractivity contribution >= 4 is 27.5 Å². The second-order valence-corrected chi connectivity index (χ2v) is 12.5. The van der Waals surface area contributed by atoms with E-state index in [9.17, 15) is 22.4 Å². The Hall–Kier alpha value is -3.72. The van der Waals surface area contributed by atoms with Crippen LogP contribution in [0.25, 0.3) is 0 Å². The number of nitrogens with one attached hydrogen (secondary N) is 1. The summed E-state index contributed by atoms with van der Waals surface area (Å²) in [6.45, 7) is 0.167. The van der Waals surface area contributed by atoms with E-state index in [0.29, 0.717) is 6.42 Å². The van der Waals surface area contributed by atoms with E-state index in [4.69, 9.17) is 0 Å². The number of hydrogen-bond acceptors (Lipinski definition) is 4. The Labute approximate surface area is 242 Å². The second kappa shape index (κ2) is 14.3. The number of hydrogen-bond donors (Lipinski definition) is 1. The Morgan fingerprint density at radius 1 is 0.902 bits per heavy atom. The van der Waals surface area contributed by atoms with Crippen LogP contribution in [0.5, 0.6) is 0 Å². The van der Waals surface area contributed by atoms with Crippen LogP contribution in [0.15, 0.2) is 84.9 Å². The molecule has 0 aliphatic heterocycles. The minimum absolute atomic E-state index is 0.00466. The molecule has 4 rings (SSSR count). The topological polar surface area (TPSA) is 86.8 Å². The van der Waals surface area contributed by atoms with E-state index in [1.165, 1.54) is 18.2 Å². The maximum atomic E-state index is 14.5. The van der Waals surface area contributed by atoms with Crippen molar-refractivity contribution < 1.29 is 22.4 Å². The Kier molecular flexibility index (Phi) is 10.5. The van der Waals surface area contributed by atoms with Gasteiger partial charge in [0, 0.05) is 32.0 Å². The van der Waals surface area contributed by atoms with Gasteiger partial charge in [0.2, 0.25) is 21.8 Å². The summed E-state index contributed by atoms with van der Waals surface area (Å²) in [7, 11) is -3.79. The van der Waals surface area contributed by atoms with Crippen molar-refractivity contribution in [3.63, 3.8) is 0 Å². The highest BCUT2D eigenvalue weighted by Gasteiger charge is 2.32. The van der Waals surface area contributed by atoms with E-state index in [2.05, 4.69) is 5.32 Å². The first-order valence-corrected chi connectivity index (χ1v) is 16.0. The van der Waals surface area contributed by atoms with E-state index >= 15 is 0 Å². The van der Waals surface area contributed by atoms with Crippen molar-refractivity contribution in [2.75, 3.05) is 17.1 Å². The third-order valence-electron chi connectivity index (χ3n) is 7.44. The fraction of sp³-hybridized carbons (Fsp3) is 0.375. The van der Waals surface area contributed by atoms with Crippen LogP contribution in [-0.4, -0.2) is 50.0 Å². The minimum Gasteiger partial charge on any atom is -0.352 e. The Bertz CT molecular complexity index is 1400. The number of anilines is 1. The fourth-order valence-corrected chi connectivity index (χ4v) is 6.30. The highest BCUT2D eigenvalue weighted by atomic mass is 32.2. The predicted octanol–water partition coefficient (Wildman–Crippen LogP) is 5.07. The third kappa shape index (κ3) is 8.63. The lowest BCUT2D eigenvalue weighted by Gasteiger charge is -2.33. The summed E-state index contributed by atoms with van der Waals surface area (Å²) >= 11 is 0. The number of carbonyl (C=O) groups excluding carboxylic acids is 2. The van der Waals surface area contributed by atoms with Gasteiger partial charge in [0.1, 0.15) is 11.9 Å². The van der Waals surface area contributed by atoms with E-state index in [1.54, 1.807) is 11.0 Å². The molecular formula is C32H38FN3O4S. The summed E-state index contributed by atoms with van der Waals surface area (Å²) in [5, 5.41) is 3.18. The molecule has 1 fully saturated rings. The molecule has 9 heteroatoms. The van der Waals surface area contributed by atoms with E-state index < -0.39 is 21.9 Å². The van der Waals surface area contributed by atoms with Crippen LogP contribution in [0.2, 0.25) is 0 Å². The smallest absolute Gasteiger partial charge is 0.243 e. The molecule has 0 heterocycles. The first kappa shape index (κ1) is 30.2. The Morgan fingerprint density at radius 2 is 1.49 bits per heavy atom. The predicted molar refractivity (Wildman–Crippen MR) is 159 cm³/mol. The Balaban J connectivity index is 1.57. The van der Waals surface area contributed by atoms with Crippen molar-refractivity contribution in [3.05, 3.63) is 102 Å². The average molecular weight is 580 g/mol. The summed E-state index contributed by atoms with van der Waals surface area (Å²) in [5.41, 5.74) is 1.77. The molecule has 3 aromatic rings. The molecule has 1 saturated carbocycles. The lowest BCUT2D eigenvalue weighted by atomic mass is 10.0. The van der Waals surface area contributed by atoms with Crippen LogP contribution in [0.4, 0.5) is 10.1 Å². The summed E-state index contributed by atoms with van der Waals surface area (Å²) in [6, 6.07) is 24.1. The molecule has 0 saturated heterocycles. The lowest BCUT2D eigenvalue weighted by Crippen LogP contribution is -2.52. The van der Waals surface area contributed by atoms with Crippen LogP contribution in [0.3, 0.4) is 0 Å². The average Bonchev–Trinajstić information content (AvgIpc) is 3.47. The highest BCUT2D eigenvalue weighted by Crippen LogP contribution is 2.23. The third-order valence-corrected chi connectivity index (χ3v) is 8.62. The van der Waals surface area contributed by atoms with Crippen molar-refractivity contribution in [1.29, 1.82) is 0 Å². The first-order chi connectivity index (χ1) is 19.7. The van der Waals surface area contributed by atoms with E-state index in [0.717, 1.165) is 47.4 Å². The Morgan fingerprint density at radius 3 is 2.10 bits per heavy atom. The lowest BCUT2D eigenvalue weighted by molar-refractivity contribution is -0.141. The number of rotatable bonds is 13. The number of carbonyl (C=O) groups is 2. The van der Waals surface area contributed by atoms with E-state index in [1.807, 2.05) is 60.7 Å². The quantitative estimate of drug-likeness (QED) is 0.306. The molecule has 41 heavy (non-hydrogen) atoms.